The Kier molecular flexibility index (Phi) is 4.47. The number of nitrogens with one attached hydrogen (secondary N) is 1. The Hall–Kier alpha value is -2.54. The maximum absolute atomic E-state index is 12.1. The van der Waals surface area contributed by atoms with E-state index < -0.39 is 0 Å². The van der Waals surface area contributed by atoms with Crippen LogP contribution in [-0.4, -0.2) is 26.1 Å². The van der Waals surface area contributed by atoms with Crippen LogP contribution < -0.4 is 5.32 Å². The first-order chi connectivity index (χ1) is 11.1. The summed E-state index contributed by atoms with van der Waals surface area (Å²) in [6.45, 7) is 1.95. The summed E-state index contributed by atoms with van der Waals surface area (Å²) in [6.07, 6.45) is 0. The van der Waals surface area contributed by atoms with Crippen LogP contribution in [0.3, 0.4) is 0 Å². The van der Waals surface area contributed by atoms with Crippen molar-refractivity contribution in [3.63, 3.8) is 0 Å². The van der Waals surface area contributed by atoms with Crippen molar-refractivity contribution in [3.05, 3.63) is 58.6 Å². The number of amides is 1. The van der Waals surface area contributed by atoms with E-state index in [0.29, 0.717) is 5.82 Å². The van der Waals surface area contributed by atoms with Gasteiger partial charge in [0.1, 0.15) is 6.54 Å². The lowest BCUT2D eigenvalue weighted by Gasteiger charge is -2.07. The maximum atomic E-state index is 12.1. The number of halogens is 1. The van der Waals surface area contributed by atoms with E-state index in [4.69, 9.17) is 0 Å². The summed E-state index contributed by atoms with van der Waals surface area (Å²) in [5, 5.41) is 15.0. The summed E-state index contributed by atoms with van der Waals surface area (Å²) in [7, 11) is 0. The first-order valence-electron chi connectivity index (χ1n) is 7.01. The van der Waals surface area contributed by atoms with Gasteiger partial charge in [0.15, 0.2) is 0 Å². The molecule has 0 spiro atoms. The maximum Gasteiger partial charge on any atom is 0.248 e. The summed E-state index contributed by atoms with van der Waals surface area (Å²) < 4.78 is 0.978. The Morgan fingerprint density at radius 2 is 1.91 bits per heavy atom. The largest absolute Gasteiger partial charge is 0.324 e. The third-order valence-corrected chi connectivity index (χ3v) is 3.79. The summed E-state index contributed by atoms with van der Waals surface area (Å²) in [5.41, 5.74) is 2.63. The monoisotopic (exact) mass is 371 g/mol. The molecule has 2 aromatic carbocycles. The van der Waals surface area contributed by atoms with E-state index in [1.54, 1.807) is 0 Å². The van der Waals surface area contributed by atoms with Crippen molar-refractivity contribution in [1.29, 1.82) is 0 Å². The van der Waals surface area contributed by atoms with Crippen molar-refractivity contribution in [2.45, 2.75) is 13.5 Å². The quantitative estimate of drug-likeness (QED) is 0.764. The Labute approximate surface area is 141 Å². The molecule has 1 N–H and O–H groups in total. The minimum absolute atomic E-state index is 0.0118. The Balaban J connectivity index is 1.68. The van der Waals surface area contributed by atoms with E-state index in [0.717, 1.165) is 21.3 Å². The minimum Gasteiger partial charge on any atom is -0.324 e. The van der Waals surface area contributed by atoms with Crippen molar-refractivity contribution >= 4 is 27.5 Å². The van der Waals surface area contributed by atoms with Gasteiger partial charge >= 0.3 is 0 Å². The van der Waals surface area contributed by atoms with Crippen LogP contribution in [0.25, 0.3) is 11.4 Å². The predicted octanol–water partition coefficient (Wildman–Crippen LogP) is 3.05. The molecule has 1 amide bonds. The number of nitrogens with zero attached hydrogens (tertiary/aromatic N) is 4. The number of hydrogen-bond donors (Lipinski definition) is 1. The molecule has 3 aromatic rings. The minimum atomic E-state index is -0.195. The van der Waals surface area contributed by atoms with E-state index in [9.17, 15) is 4.79 Å². The molecule has 0 aliphatic heterocycles. The van der Waals surface area contributed by atoms with Crippen LogP contribution in [-0.2, 0) is 11.3 Å². The number of anilines is 1. The van der Waals surface area contributed by atoms with Crippen molar-refractivity contribution < 1.29 is 4.79 Å². The SMILES string of the molecule is Cc1ccccc1NC(=O)Cn1nnc(-c2ccc(Br)cc2)n1. The van der Waals surface area contributed by atoms with Crippen LogP contribution in [0.2, 0.25) is 0 Å². The molecule has 7 heteroatoms. The molecule has 0 saturated heterocycles. The van der Waals surface area contributed by atoms with Crippen LogP contribution in [0, 0.1) is 6.92 Å². The summed E-state index contributed by atoms with van der Waals surface area (Å²) >= 11 is 3.38. The molecule has 1 aromatic heterocycles. The summed E-state index contributed by atoms with van der Waals surface area (Å²) in [4.78, 5) is 13.4. The highest BCUT2D eigenvalue weighted by Crippen LogP contribution is 2.17. The fraction of sp³-hybridized carbons (Fsp3) is 0.125. The van der Waals surface area contributed by atoms with Crippen LogP contribution in [0.1, 0.15) is 5.56 Å². The number of aryl methyl sites for hydroxylation is 1. The van der Waals surface area contributed by atoms with E-state index in [1.807, 2.05) is 55.5 Å². The first-order valence-corrected chi connectivity index (χ1v) is 7.80. The molecule has 0 unspecified atom stereocenters. The molecule has 0 aliphatic rings. The summed E-state index contributed by atoms with van der Waals surface area (Å²) in [6, 6.07) is 15.2. The second-order valence-electron chi connectivity index (χ2n) is 5.01. The second kappa shape index (κ2) is 6.70. The number of rotatable bonds is 4. The third-order valence-electron chi connectivity index (χ3n) is 3.26. The van der Waals surface area contributed by atoms with E-state index in [1.165, 1.54) is 4.80 Å². The molecule has 23 heavy (non-hydrogen) atoms. The number of para-hydroxylation sites is 1. The predicted molar refractivity (Wildman–Crippen MR) is 90.8 cm³/mol. The zero-order valence-corrected chi connectivity index (χ0v) is 14.0. The first kappa shape index (κ1) is 15.4. The molecule has 0 fully saturated rings. The third kappa shape index (κ3) is 3.81. The molecule has 0 atom stereocenters. The second-order valence-corrected chi connectivity index (χ2v) is 5.93. The fourth-order valence-electron chi connectivity index (χ4n) is 2.06. The van der Waals surface area contributed by atoms with Gasteiger partial charge in [-0.2, -0.15) is 4.80 Å². The Morgan fingerprint density at radius 3 is 2.65 bits per heavy atom. The highest BCUT2D eigenvalue weighted by Gasteiger charge is 2.10. The molecular formula is C16H14BrN5O. The number of tetrazole rings is 1. The van der Waals surface area contributed by atoms with Gasteiger partial charge in [-0.3, -0.25) is 4.79 Å². The van der Waals surface area contributed by atoms with Gasteiger partial charge in [0, 0.05) is 15.7 Å². The zero-order valence-electron chi connectivity index (χ0n) is 12.4. The lowest BCUT2D eigenvalue weighted by atomic mass is 10.2. The molecular weight excluding hydrogens is 358 g/mol. The van der Waals surface area contributed by atoms with Gasteiger partial charge in [-0.05, 0) is 48.0 Å². The molecule has 0 saturated carbocycles. The van der Waals surface area contributed by atoms with Gasteiger partial charge in [-0.15, -0.1) is 10.2 Å². The number of hydrogen-bond acceptors (Lipinski definition) is 4. The average molecular weight is 372 g/mol. The van der Waals surface area contributed by atoms with Crippen molar-refractivity contribution in [2.24, 2.45) is 0 Å². The standard InChI is InChI=1S/C16H14BrN5O/c1-11-4-2-3-5-14(11)18-15(23)10-22-20-16(19-21-22)12-6-8-13(17)9-7-12/h2-9H,10H2,1H3,(H,18,23). The van der Waals surface area contributed by atoms with Crippen molar-refractivity contribution in [2.75, 3.05) is 5.32 Å². The lowest BCUT2D eigenvalue weighted by Crippen LogP contribution is -2.20. The molecule has 116 valence electrons. The van der Waals surface area contributed by atoms with Gasteiger partial charge in [0.05, 0.1) is 0 Å². The molecule has 6 nitrogen and oxygen atoms in total. The van der Waals surface area contributed by atoms with E-state index >= 15 is 0 Å². The molecule has 3 rings (SSSR count). The number of benzene rings is 2. The number of carbonyl (C=O) groups is 1. The smallest absolute Gasteiger partial charge is 0.248 e. The van der Waals surface area contributed by atoms with Crippen LogP contribution in [0.4, 0.5) is 5.69 Å². The lowest BCUT2D eigenvalue weighted by molar-refractivity contribution is -0.117. The molecule has 0 aliphatic carbocycles. The van der Waals surface area contributed by atoms with Gasteiger partial charge in [-0.1, -0.05) is 34.1 Å². The highest BCUT2D eigenvalue weighted by atomic mass is 79.9. The van der Waals surface area contributed by atoms with Gasteiger partial charge in [-0.25, -0.2) is 0 Å². The highest BCUT2D eigenvalue weighted by molar-refractivity contribution is 9.10. The van der Waals surface area contributed by atoms with Crippen LogP contribution in [0.15, 0.2) is 53.0 Å². The van der Waals surface area contributed by atoms with E-state index in [2.05, 4.69) is 36.7 Å². The molecule has 0 bridgehead atoms. The normalized spacial score (nSPS) is 10.5. The topological polar surface area (TPSA) is 72.7 Å². The van der Waals surface area contributed by atoms with Crippen molar-refractivity contribution in [3.8, 4) is 11.4 Å². The molecule has 1 heterocycles. The van der Waals surface area contributed by atoms with E-state index in [-0.39, 0.29) is 12.5 Å². The molecule has 0 radical (unpaired) electrons. The van der Waals surface area contributed by atoms with Crippen LogP contribution >= 0.6 is 15.9 Å². The van der Waals surface area contributed by atoms with Crippen LogP contribution in [0.5, 0.6) is 0 Å². The fourth-order valence-corrected chi connectivity index (χ4v) is 2.32. The van der Waals surface area contributed by atoms with Crippen molar-refractivity contribution in [1.82, 2.24) is 20.2 Å². The Morgan fingerprint density at radius 1 is 1.17 bits per heavy atom. The number of aromatic nitrogens is 4. The Bertz CT molecular complexity index is 828. The van der Waals surface area contributed by atoms with Gasteiger partial charge in [0.25, 0.3) is 0 Å². The summed E-state index contributed by atoms with van der Waals surface area (Å²) in [5.74, 6) is 0.292. The van der Waals surface area contributed by atoms with Gasteiger partial charge in [0.2, 0.25) is 11.7 Å². The zero-order chi connectivity index (χ0) is 16.2. The van der Waals surface area contributed by atoms with Gasteiger partial charge < -0.3 is 5.32 Å². The average Bonchev–Trinajstić information content (AvgIpc) is 2.98. The number of carbonyl (C=O) groups excluding carboxylic acids is 1.